The molecule has 3 rings (SSSR count). The number of hydrogen-bond donors (Lipinski definition) is 0. The fraction of sp³-hybridized carbons (Fsp3) is 0.536. The Hall–Kier alpha value is -2.07. The van der Waals surface area contributed by atoms with Gasteiger partial charge in [0.2, 0.25) is 0 Å². The molecular formula is C28H37N. The van der Waals surface area contributed by atoms with Gasteiger partial charge < -0.3 is 0 Å². The van der Waals surface area contributed by atoms with Gasteiger partial charge in [-0.25, -0.2) is 0 Å². The van der Waals surface area contributed by atoms with E-state index in [9.17, 15) is 0 Å². The first-order valence-corrected chi connectivity index (χ1v) is 11.6. The number of hydrogen-bond acceptors (Lipinski definition) is 1. The molecule has 0 amide bonds. The highest BCUT2D eigenvalue weighted by Gasteiger charge is 2.36. The van der Waals surface area contributed by atoms with Crippen molar-refractivity contribution >= 4 is 0 Å². The highest BCUT2D eigenvalue weighted by Crippen LogP contribution is 2.48. The van der Waals surface area contributed by atoms with Gasteiger partial charge in [0.15, 0.2) is 0 Å². The lowest BCUT2D eigenvalue weighted by Crippen LogP contribution is -2.30. The van der Waals surface area contributed by atoms with Crippen LogP contribution >= 0.6 is 0 Å². The van der Waals surface area contributed by atoms with Gasteiger partial charge in [0.25, 0.3) is 0 Å². The fourth-order valence-corrected chi connectivity index (χ4v) is 5.34. The molecule has 0 aliphatic heterocycles. The molecule has 0 heterocycles. The molecule has 4 atom stereocenters. The maximum atomic E-state index is 8.97. The van der Waals surface area contributed by atoms with E-state index < -0.39 is 0 Å². The molecular weight excluding hydrogens is 350 g/mol. The van der Waals surface area contributed by atoms with Crippen molar-refractivity contribution in [3.05, 3.63) is 71.3 Å². The predicted molar refractivity (Wildman–Crippen MR) is 123 cm³/mol. The third kappa shape index (κ3) is 5.30. The van der Waals surface area contributed by atoms with Crippen LogP contribution < -0.4 is 0 Å². The van der Waals surface area contributed by atoms with Gasteiger partial charge >= 0.3 is 0 Å². The van der Waals surface area contributed by atoms with Gasteiger partial charge in [0.05, 0.1) is 6.07 Å². The van der Waals surface area contributed by atoms with E-state index >= 15 is 0 Å². The van der Waals surface area contributed by atoms with E-state index in [-0.39, 0.29) is 5.41 Å². The quantitative estimate of drug-likeness (QED) is 0.398. The van der Waals surface area contributed by atoms with Crippen molar-refractivity contribution in [3.8, 4) is 6.07 Å². The second kappa shape index (κ2) is 10.1. The van der Waals surface area contributed by atoms with Crippen LogP contribution in [0.2, 0.25) is 0 Å². The lowest BCUT2D eigenvalue weighted by Gasteiger charge is -2.41. The third-order valence-corrected chi connectivity index (χ3v) is 7.34. The van der Waals surface area contributed by atoms with Crippen molar-refractivity contribution in [3.63, 3.8) is 0 Å². The fourth-order valence-electron chi connectivity index (χ4n) is 5.34. The first-order chi connectivity index (χ1) is 14.1. The highest BCUT2D eigenvalue weighted by molar-refractivity contribution is 5.39. The smallest absolute Gasteiger partial charge is 0.0621 e. The second-order valence-electron chi connectivity index (χ2n) is 9.49. The van der Waals surface area contributed by atoms with Crippen molar-refractivity contribution in [2.24, 2.45) is 5.92 Å². The highest BCUT2D eigenvalue weighted by atomic mass is 14.4. The standard InChI is InChI=1S/C28H37N/c1-4-22(2)20-25(23-12-6-5-7-13-23)21-24-16-18-28(3,17-10-11-19-29)27-15-9-8-14-26(24)27/h5-9,12-15,22,24-25H,4,10-11,16-18,20-21H2,1-3H3. The first-order valence-electron chi connectivity index (χ1n) is 11.6. The Morgan fingerprint density at radius 1 is 1.10 bits per heavy atom. The van der Waals surface area contributed by atoms with E-state index in [1.165, 1.54) is 37.7 Å². The van der Waals surface area contributed by atoms with Crippen molar-refractivity contribution < 1.29 is 0 Å². The van der Waals surface area contributed by atoms with Crippen LogP contribution in [0.5, 0.6) is 0 Å². The van der Waals surface area contributed by atoms with Gasteiger partial charge in [-0.15, -0.1) is 0 Å². The first kappa shape index (κ1) is 21.6. The minimum atomic E-state index is 0.225. The summed E-state index contributed by atoms with van der Waals surface area (Å²) >= 11 is 0. The summed E-state index contributed by atoms with van der Waals surface area (Å²) in [6.45, 7) is 7.14. The van der Waals surface area contributed by atoms with Gasteiger partial charge in [-0.05, 0) is 78.4 Å². The molecule has 4 unspecified atom stereocenters. The molecule has 0 saturated carbocycles. The predicted octanol–water partition coefficient (Wildman–Crippen LogP) is 8.13. The summed E-state index contributed by atoms with van der Waals surface area (Å²) in [5.41, 5.74) is 4.85. The summed E-state index contributed by atoms with van der Waals surface area (Å²) < 4.78 is 0. The molecule has 154 valence electrons. The summed E-state index contributed by atoms with van der Waals surface area (Å²) in [7, 11) is 0. The lowest BCUT2D eigenvalue weighted by atomic mass is 9.63. The van der Waals surface area contributed by atoms with Gasteiger partial charge in [-0.3, -0.25) is 0 Å². The van der Waals surface area contributed by atoms with Gasteiger partial charge in [0, 0.05) is 6.42 Å². The van der Waals surface area contributed by atoms with Gasteiger partial charge in [-0.1, -0.05) is 81.8 Å². The summed E-state index contributed by atoms with van der Waals surface area (Å²) in [5.74, 6) is 2.03. The van der Waals surface area contributed by atoms with Crippen LogP contribution in [-0.4, -0.2) is 0 Å². The summed E-state index contributed by atoms with van der Waals surface area (Å²) in [6.07, 6.45) is 9.09. The van der Waals surface area contributed by atoms with E-state index in [1.807, 2.05) is 0 Å². The molecule has 1 aliphatic carbocycles. The molecule has 0 bridgehead atoms. The summed E-state index contributed by atoms with van der Waals surface area (Å²) in [4.78, 5) is 0. The zero-order valence-electron chi connectivity index (χ0n) is 18.5. The minimum absolute atomic E-state index is 0.225. The Bertz CT molecular complexity index is 803. The van der Waals surface area contributed by atoms with Crippen molar-refractivity contribution in [2.45, 2.75) is 89.4 Å². The molecule has 1 heteroatoms. The van der Waals surface area contributed by atoms with Crippen LogP contribution in [0.4, 0.5) is 0 Å². The molecule has 2 aromatic carbocycles. The van der Waals surface area contributed by atoms with Crippen molar-refractivity contribution in [2.75, 3.05) is 0 Å². The van der Waals surface area contributed by atoms with E-state index in [1.54, 1.807) is 11.1 Å². The Labute approximate surface area is 178 Å². The maximum Gasteiger partial charge on any atom is 0.0621 e. The number of benzene rings is 2. The number of fused-ring (bicyclic) bond motifs is 1. The number of nitriles is 1. The topological polar surface area (TPSA) is 23.8 Å². The van der Waals surface area contributed by atoms with E-state index in [2.05, 4.69) is 81.4 Å². The normalized spacial score (nSPS) is 23.0. The van der Waals surface area contributed by atoms with Crippen LogP contribution in [0.15, 0.2) is 54.6 Å². The average Bonchev–Trinajstić information content (AvgIpc) is 2.76. The second-order valence-corrected chi connectivity index (χ2v) is 9.49. The third-order valence-electron chi connectivity index (χ3n) is 7.34. The van der Waals surface area contributed by atoms with E-state index in [4.69, 9.17) is 5.26 Å². The SMILES string of the molecule is CCC(C)CC(CC1CCC(C)(CCCC#N)c2ccccc21)c1ccccc1. The minimum Gasteiger partial charge on any atom is -0.198 e. The molecule has 0 fully saturated rings. The molecule has 1 nitrogen and oxygen atoms in total. The lowest BCUT2D eigenvalue weighted by molar-refractivity contribution is 0.312. The molecule has 2 aromatic rings. The van der Waals surface area contributed by atoms with Crippen LogP contribution in [0.3, 0.4) is 0 Å². The monoisotopic (exact) mass is 387 g/mol. The van der Waals surface area contributed by atoms with Gasteiger partial charge in [0.1, 0.15) is 0 Å². The number of unbranched alkanes of at least 4 members (excludes halogenated alkanes) is 1. The summed E-state index contributed by atoms with van der Waals surface area (Å²) in [5, 5.41) is 8.97. The average molecular weight is 388 g/mol. The molecule has 0 radical (unpaired) electrons. The largest absolute Gasteiger partial charge is 0.198 e. The van der Waals surface area contributed by atoms with Crippen molar-refractivity contribution in [1.82, 2.24) is 0 Å². The molecule has 0 N–H and O–H groups in total. The molecule has 29 heavy (non-hydrogen) atoms. The molecule has 0 saturated heterocycles. The maximum absolute atomic E-state index is 8.97. The summed E-state index contributed by atoms with van der Waals surface area (Å²) in [6, 6.07) is 22.7. The Balaban J connectivity index is 1.84. The van der Waals surface area contributed by atoms with Crippen molar-refractivity contribution in [1.29, 1.82) is 5.26 Å². The molecule has 1 aliphatic rings. The Morgan fingerprint density at radius 3 is 2.55 bits per heavy atom. The van der Waals surface area contributed by atoms with Crippen LogP contribution in [0.25, 0.3) is 0 Å². The molecule has 0 aromatic heterocycles. The zero-order chi connectivity index (χ0) is 20.7. The van der Waals surface area contributed by atoms with Crippen LogP contribution in [0.1, 0.15) is 101 Å². The number of rotatable bonds is 9. The van der Waals surface area contributed by atoms with Crippen LogP contribution in [0, 0.1) is 17.2 Å². The van der Waals surface area contributed by atoms with E-state index in [0.29, 0.717) is 18.3 Å². The number of nitrogens with zero attached hydrogens (tertiary/aromatic N) is 1. The Morgan fingerprint density at radius 2 is 1.83 bits per heavy atom. The molecule has 0 spiro atoms. The Kier molecular flexibility index (Phi) is 7.54. The van der Waals surface area contributed by atoms with Crippen LogP contribution in [-0.2, 0) is 5.41 Å². The van der Waals surface area contributed by atoms with Gasteiger partial charge in [-0.2, -0.15) is 5.26 Å². The van der Waals surface area contributed by atoms with E-state index in [0.717, 1.165) is 18.8 Å². The zero-order valence-corrected chi connectivity index (χ0v) is 18.5.